The Balaban J connectivity index is 1.52. The molecule has 2 saturated heterocycles. The number of hydrogen-bond donors (Lipinski definition) is 0. The van der Waals surface area contributed by atoms with Crippen LogP contribution in [-0.2, 0) is 24.2 Å². The molecule has 2 aliphatic rings. The van der Waals surface area contributed by atoms with Crippen molar-refractivity contribution in [3.05, 3.63) is 54.1 Å². The van der Waals surface area contributed by atoms with Crippen LogP contribution in [0.15, 0.2) is 42.9 Å². The lowest BCUT2D eigenvalue weighted by Gasteiger charge is -2.44. The molecule has 1 amide bonds. The average Bonchev–Trinajstić information content (AvgIpc) is 3.20. The van der Waals surface area contributed by atoms with E-state index in [0.29, 0.717) is 19.1 Å². The summed E-state index contributed by atoms with van der Waals surface area (Å²) >= 11 is 0. The van der Waals surface area contributed by atoms with Gasteiger partial charge in [0.05, 0.1) is 17.6 Å². The third-order valence-corrected chi connectivity index (χ3v) is 5.54. The van der Waals surface area contributed by atoms with Crippen LogP contribution in [0.25, 0.3) is 0 Å². The lowest BCUT2D eigenvalue weighted by molar-refractivity contribution is 0.0463. The summed E-state index contributed by atoms with van der Waals surface area (Å²) in [4.78, 5) is 21.0. The van der Waals surface area contributed by atoms with Crippen molar-refractivity contribution in [1.29, 1.82) is 0 Å². The number of carbonyl (C=O) groups excluding carboxylic acids is 1. The number of cyclic esters (lactones) is 1. The van der Waals surface area contributed by atoms with E-state index < -0.39 is 0 Å². The minimum absolute atomic E-state index is 0.171. The summed E-state index contributed by atoms with van der Waals surface area (Å²) in [5, 5.41) is 0. The van der Waals surface area contributed by atoms with E-state index in [9.17, 15) is 4.79 Å². The Morgan fingerprint density at radius 3 is 2.81 bits per heavy atom. The Morgan fingerprint density at radius 2 is 2.04 bits per heavy atom. The molecule has 2 aromatic rings. The molecule has 1 unspecified atom stereocenters. The van der Waals surface area contributed by atoms with Gasteiger partial charge in [0, 0.05) is 45.3 Å². The highest BCUT2D eigenvalue weighted by Gasteiger charge is 2.50. The zero-order chi connectivity index (χ0) is 18.9. The van der Waals surface area contributed by atoms with Crippen molar-refractivity contribution in [3.8, 4) is 0 Å². The summed E-state index contributed by atoms with van der Waals surface area (Å²) in [5.41, 5.74) is 2.20. The van der Waals surface area contributed by atoms with Crippen LogP contribution < -0.4 is 0 Å². The van der Waals surface area contributed by atoms with Crippen molar-refractivity contribution in [2.75, 3.05) is 26.2 Å². The minimum Gasteiger partial charge on any atom is -0.447 e. The summed E-state index contributed by atoms with van der Waals surface area (Å²) in [5.74, 6) is 0.583. The fraction of sp³-hybridized carbons (Fsp3) is 0.524. The van der Waals surface area contributed by atoms with Gasteiger partial charge in [-0.2, -0.15) is 0 Å². The molecule has 0 bridgehead atoms. The summed E-state index contributed by atoms with van der Waals surface area (Å²) in [7, 11) is 0. The normalized spacial score (nSPS) is 22.9. The van der Waals surface area contributed by atoms with E-state index >= 15 is 0 Å². The maximum atomic E-state index is 12.3. The number of imidazole rings is 1. The zero-order valence-electron chi connectivity index (χ0n) is 16.2. The van der Waals surface area contributed by atoms with Crippen molar-refractivity contribution in [2.45, 2.75) is 38.9 Å². The van der Waals surface area contributed by atoms with Crippen molar-refractivity contribution in [1.82, 2.24) is 19.4 Å². The van der Waals surface area contributed by atoms with Gasteiger partial charge in [-0.25, -0.2) is 9.78 Å². The first-order valence-corrected chi connectivity index (χ1v) is 9.75. The monoisotopic (exact) mass is 368 g/mol. The molecule has 0 N–H and O–H groups in total. The predicted molar refractivity (Wildman–Crippen MR) is 103 cm³/mol. The number of carbonyl (C=O) groups is 1. The summed E-state index contributed by atoms with van der Waals surface area (Å²) in [6.07, 6.45) is 4.54. The quantitative estimate of drug-likeness (QED) is 0.787. The van der Waals surface area contributed by atoms with Crippen molar-refractivity contribution in [2.24, 2.45) is 5.92 Å². The van der Waals surface area contributed by atoms with Gasteiger partial charge in [0.15, 0.2) is 0 Å². The van der Waals surface area contributed by atoms with E-state index in [0.717, 1.165) is 32.6 Å². The maximum Gasteiger partial charge on any atom is 0.410 e. The molecule has 6 nitrogen and oxygen atoms in total. The Morgan fingerprint density at radius 1 is 1.22 bits per heavy atom. The predicted octanol–water partition coefficient (Wildman–Crippen LogP) is 2.79. The van der Waals surface area contributed by atoms with Crippen LogP contribution >= 0.6 is 0 Å². The third-order valence-electron chi connectivity index (χ3n) is 5.54. The van der Waals surface area contributed by atoms with Crippen LogP contribution in [-0.4, -0.2) is 57.2 Å². The molecule has 0 radical (unpaired) electrons. The zero-order valence-corrected chi connectivity index (χ0v) is 16.2. The number of nitrogens with zero attached hydrogens (tertiary/aromatic N) is 4. The van der Waals surface area contributed by atoms with Crippen LogP contribution in [0.1, 0.15) is 25.1 Å². The van der Waals surface area contributed by atoms with E-state index in [1.807, 2.05) is 23.5 Å². The molecule has 27 heavy (non-hydrogen) atoms. The Hall–Kier alpha value is -2.34. The molecule has 1 atom stereocenters. The standard InChI is InChI=1S/C21H28N4O2/c1-17(2)12-24-16-22-11-19(24)13-23-8-9-25-20(26)27-15-21(25,14-23)10-18-6-4-3-5-7-18/h3-7,11,16-17H,8-10,12-15H2,1-2H3. The molecule has 6 heteroatoms. The second-order valence-corrected chi connectivity index (χ2v) is 8.23. The van der Waals surface area contributed by atoms with Crippen LogP contribution in [0.3, 0.4) is 0 Å². The maximum absolute atomic E-state index is 12.3. The molecule has 0 aliphatic carbocycles. The molecule has 4 rings (SSSR count). The second-order valence-electron chi connectivity index (χ2n) is 8.23. The third kappa shape index (κ3) is 3.72. The Kier molecular flexibility index (Phi) is 4.91. The van der Waals surface area contributed by atoms with Crippen molar-refractivity contribution in [3.63, 3.8) is 0 Å². The van der Waals surface area contributed by atoms with Gasteiger partial charge in [-0.3, -0.25) is 9.80 Å². The van der Waals surface area contributed by atoms with Gasteiger partial charge in [-0.15, -0.1) is 0 Å². The van der Waals surface area contributed by atoms with E-state index in [1.165, 1.54) is 11.3 Å². The van der Waals surface area contributed by atoms with Crippen LogP contribution in [0.2, 0.25) is 0 Å². The number of hydrogen-bond acceptors (Lipinski definition) is 4. The summed E-state index contributed by atoms with van der Waals surface area (Å²) in [6, 6.07) is 10.4. The van der Waals surface area contributed by atoms with Gasteiger partial charge in [0.2, 0.25) is 0 Å². The fourth-order valence-corrected chi connectivity index (χ4v) is 4.32. The minimum atomic E-state index is -0.278. The molecule has 144 valence electrons. The topological polar surface area (TPSA) is 50.6 Å². The lowest BCUT2D eigenvalue weighted by atomic mass is 9.88. The lowest BCUT2D eigenvalue weighted by Crippen LogP contribution is -2.62. The molecule has 1 aromatic carbocycles. The van der Waals surface area contributed by atoms with Gasteiger partial charge in [0.25, 0.3) is 0 Å². The van der Waals surface area contributed by atoms with Gasteiger partial charge in [0.1, 0.15) is 6.61 Å². The molecule has 2 aliphatic heterocycles. The molecule has 1 aromatic heterocycles. The van der Waals surface area contributed by atoms with Gasteiger partial charge >= 0.3 is 6.09 Å². The smallest absolute Gasteiger partial charge is 0.410 e. The van der Waals surface area contributed by atoms with Crippen LogP contribution in [0.4, 0.5) is 4.79 Å². The number of amides is 1. The molecule has 0 saturated carbocycles. The molecular weight excluding hydrogens is 340 g/mol. The van der Waals surface area contributed by atoms with Crippen molar-refractivity contribution < 1.29 is 9.53 Å². The highest BCUT2D eigenvalue weighted by molar-refractivity contribution is 5.71. The molecule has 2 fully saturated rings. The first-order chi connectivity index (χ1) is 13.1. The van der Waals surface area contributed by atoms with E-state index in [-0.39, 0.29) is 11.6 Å². The number of ether oxygens (including phenoxy) is 1. The highest BCUT2D eigenvalue weighted by Crippen LogP contribution is 2.32. The van der Waals surface area contributed by atoms with Crippen molar-refractivity contribution >= 4 is 6.09 Å². The molecule has 0 spiro atoms. The second kappa shape index (κ2) is 7.35. The number of fused-ring (bicyclic) bond motifs is 1. The summed E-state index contributed by atoms with van der Waals surface area (Å²) < 4.78 is 7.73. The van der Waals surface area contributed by atoms with E-state index in [2.05, 4.69) is 52.6 Å². The number of piperazine rings is 1. The molecule has 3 heterocycles. The SMILES string of the molecule is CC(C)Cn1cncc1CN1CCN2C(=O)OCC2(Cc2ccccc2)C1. The first-order valence-electron chi connectivity index (χ1n) is 9.75. The van der Waals surface area contributed by atoms with E-state index in [4.69, 9.17) is 4.74 Å². The first kappa shape index (κ1) is 18.0. The fourth-order valence-electron chi connectivity index (χ4n) is 4.32. The number of rotatable bonds is 6. The Labute approximate surface area is 160 Å². The van der Waals surface area contributed by atoms with Gasteiger partial charge in [-0.05, 0) is 11.5 Å². The van der Waals surface area contributed by atoms with E-state index in [1.54, 1.807) is 0 Å². The Bertz CT molecular complexity index is 788. The molecular formula is C21H28N4O2. The average molecular weight is 368 g/mol. The summed E-state index contributed by atoms with van der Waals surface area (Å²) in [6.45, 7) is 9.13. The number of benzene rings is 1. The van der Waals surface area contributed by atoms with Gasteiger partial charge < -0.3 is 9.30 Å². The van der Waals surface area contributed by atoms with Gasteiger partial charge in [-0.1, -0.05) is 44.2 Å². The van der Waals surface area contributed by atoms with Crippen LogP contribution in [0.5, 0.6) is 0 Å². The number of aromatic nitrogens is 2. The largest absolute Gasteiger partial charge is 0.447 e. The highest BCUT2D eigenvalue weighted by atomic mass is 16.6. The van der Waals surface area contributed by atoms with Crippen LogP contribution in [0, 0.1) is 5.92 Å².